The van der Waals surface area contributed by atoms with Crippen molar-refractivity contribution in [2.24, 2.45) is 0 Å². The molecule has 0 spiro atoms. The van der Waals surface area contributed by atoms with Crippen molar-refractivity contribution in [1.29, 1.82) is 0 Å². The second-order valence-corrected chi connectivity index (χ2v) is 24.8. The molecule has 10 rings (SSSR count). The number of rotatable bonds is 6. The molecule has 57 heavy (non-hydrogen) atoms. The van der Waals surface area contributed by atoms with Crippen LogP contribution in [-0.4, -0.2) is 32.8 Å². The molecule has 5 nitrogen and oxygen atoms in total. The molecule has 0 N–H and O–H groups in total. The number of pyridine rings is 2. The van der Waals surface area contributed by atoms with E-state index in [1.54, 1.807) is 34.9 Å². The van der Waals surface area contributed by atoms with E-state index in [2.05, 4.69) is 46.5 Å². The molecule has 279 valence electrons. The van der Waals surface area contributed by atoms with Crippen LogP contribution in [0.1, 0.15) is 11.0 Å². The Bertz CT molecular complexity index is 3410. The first-order valence-electron chi connectivity index (χ1n) is 22.1. The fraction of sp³-hybridized carbons (Fsp3) is 0.0600. The second-order valence-electron chi connectivity index (χ2n) is 14.1. The molecule has 4 heterocycles. The predicted octanol–water partition coefficient (Wildman–Crippen LogP) is 12.2. The van der Waals surface area contributed by atoms with Gasteiger partial charge in [0.1, 0.15) is 0 Å². The smallest absolute Gasteiger partial charge is 0 e. The Hall–Kier alpha value is -5.92. The van der Waals surface area contributed by atoms with Gasteiger partial charge in [-0.3, -0.25) is 4.98 Å². The van der Waals surface area contributed by atoms with Crippen LogP contribution in [0, 0.1) is 12.1 Å². The SMILES string of the molecule is [2H]c1cc(-c2c([2H])c([2H])c([2H])c([2H])c2-n2c(-c3[c-]ccc4c3oc3nc(-c5ccccc5)ccc34)nc3ccccc32)c([2H])c([2H])c1[2H].[CH3][Ge]([CH3])([CH3])[c]1ccc(-c2[c-]cccc2)nc1.[Ir]. The van der Waals surface area contributed by atoms with Gasteiger partial charge < -0.3 is 8.98 Å². The Kier molecular flexibility index (Phi) is 8.38. The number of furan rings is 1. The number of nitrogens with zero attached hydrogens (tertiary/aromatic N) is 4. The minimum atomic E-state index is -1.72. The fourth-order valence-corrected chi connectivity index (χ4v) is 8.78. The summed E-state index contributed by atoms with van der Waals surface area (Å²) in [5.41, 5.74) is 5.80. The summed E-state index contributed by atoms with van der Waals surface area (Å²) in [5, 5.41) is 1.52. The van der Waals surface area contributed by atoms with E-state index in [1.807, 2.05) is 79.0 Å². The first-order valence-corrected chi connectivity index (χ1v) is 25.5. The van der Waals surface area contributed by atoms with Crippen LogP contribution in [0.25, 0.3) is 83.8 Å². The van der Waals surface area contributed by atoms with Gasteiger partial charge in [-0.1, -0.05) is 102 Å². The van der Waals surface area contributed by atoms with Gasteiger partial charge in [0.2, 0.25) is 5.71 Å². The third-order valence-electron chi connectivity index (χ3n) is 9.48. The summed E-state index contributed by atoms with van der Waals surface area (Å²) in [7, 11) is 0. The Morgan fingerprint density at radius 3 is 2.25 bits per heavy atom. The van der Waals surface area contributed by atoms with Gasteiger partial charge in [0.25, 0.3) is 0 Å². The molecule has 10 aromatic rings. The Morgan fingerprint density at radius 2 is 1.44 bits per heavy atom. The molecule has 0 unspecified atom stereocenters. The van der Waals surface area contributed by atoms with Gasteiger partial charge in [-0.25, -0.2) is 4.98 Å². The van der Waals surface area contributed by atoms with Crippen LogP contribution < -0.4 is 4.40 Å². The maximum atomic E-state index is 9.13. The van der Waals surface area contributed by atoms with Crippen LogP contribution in [0.15, 0.2) is 180 Å². The van der Waals surface area contributed by atoms with Gasteiger partial charge in [-0.2, -0.15) is 0 Å². The summed E-state index contributed by atoms with van der Waals surface area (Å²) in [6.45, 7) is 0. The molecule has 0 aliphatic heterocycles. The van der Waals surface area contributed by atoms with E-state index in [1.165, 1.54) is 10.5 Å². The first kappa shape index (κ1) is 29.3. The van der Waals surface area contributed by atoms with Crippen molar-refractivity contribution in [2.75, 3.05) is 0 Å². The zero-order valence-corrected chi connectivity index (χ0v) is 35.6. The van der Waals surface area contributed by atoms with Crippen LogP contribution in [0.4, 0.5) is 0 Å². The second kappa shape index (κ2) is 16.3. The van der Waals surface area contributed by atoms with Crippen molar-refractivity contribution in [3.63, 3.8) is 0 Å². The van der Waals surface area contributed by atoms with Crippen molar-refractivity contribution < 1.29 is 35.5 Å². The molecule has 1 radical (unpaired) electrons. The normalized spacial score (nSPS) is 13.2. The van der Waals surface area contributed by atoms with Crippen LogP contribution in [0.2, 0.25) is 17.3 Å². The topological polar surface area (TPSA) is 56.7 Å². The summed E-state index contributed by atoms with van der Waals surface area (Å²) < 4.78 is 78.1. The van der Waals surface area contributed by atoms with E-state index in [-0.39, 0.29) is 48.8 Å². The van der Waals surface area contributed by atoms with Crippen molar-refractivity contribution in [2.45, 2.75) is 17.3 Å². The molecule has 0 amide bonds. The summed E-state index contributed by atoms with van der Waals surface area (Å²) in [4.78, 5) is 14.2. The van der Waals surface area contributed by atoms with E-state index < -0.39 is 55.6 Å². The van der Waals surface area contributed by atoms with Crippen LogP contribution in [0.5, 0.6) is 0 Å². The maximum Gasteiger partial charge on any atom is 0 e. The van der Waals surface area contributed by atoms with E-state index in [0.717, 1.165) is 33.3 Å². The molecule has 0 saturated carbocycles. The first-order chi connectivity index (χ1) is 30.7. The molecule has 0 aliphatic carbocycles. The largest absolute Gasteiger partial charge is 0 e. The van der Waals surface area contributed by atoms with Crippen molar-refractivity contribution in [3.05, 3.63) is 188 Å². The number of aromatic nitrogens is 4. The summed E-state index contributed by atoms with van der Waals surface area (Å²) in [6.07, 6.45) is 2.04. The number of fused-ring (bicyclic) bond motifs is 4. The molecule has 0 atom stereocenters. The maximum absolute atomic E-state index is 9.13. The summed E-state index contributed by atoms with van der Waals surface area (Å²) in [5.74, 6) is 7.40. The van der Waals surface area contributed by atoms with Crippen LogP contribution in [-0.2, 0) is 20.1 Å². The summed E-state index contributed by atoms with van der Waals surface area (Å²) >= 11 is -1.72. The molecule has 6 aromatic carbocycles. The van der Waals surface area contributed by atoms with Gasteiger partial charge in [-0.05, 0) is 35.9 Å². The molecule has 0 aliphatic rings. The quantitative estimate of drug-likeness (QED) is 0.123. The number of hydrogen-bond donors (Lipinski definition) is 0. The van der Waals surface area contributed by atoms with Crippen LogP contribution in [0.3, 0.4) is 0 Å². The van der Waals surface area contributed by atoms with Crippen molar-refractivity contribution >= 4 is 50.8 Å². The van der Waals surface area contributed by atoms with Gasteiger partial charge in [-0.15, -0.1) is 18.2 Å². The molecule has 0 saturated heterocycles. The third kappa shape index (κ3) is 7.64. The standard InChI is InChI=1S/C36H22N3O.C14H16GeN.Ir/c1-3-12-24(13-4-1)26-16-7-9-20-32(26)39-33-21-10-8-19-31(33)37-35(39)29-18-11-17-27-28-22-23-30(25-14-5-2-6-15-25)38-36(28)40-34(27)29;1-15(2,3)13-9-10-14(16-11-13)12-7-5-4-6-8-12;/h1-17,19-23H;4-7,9-11H,1-3H3;/q2*-1;/i1D,3D,4D,7D,9D,12D,16D,20D;;. The third-order valence-corrected chi connectivity index (χ3v) is 13.7. The fourth-order valence-electron chi connectivity index (χ4n) is 6.61. The average molecular weight is 984 g/mol. The van der Waals surface area contributed by atoms with E-state index in [4.69, 9.17) is 25.4 Å². The van der Waals surface area contributed by atoms with E-state index >= 15 is 0 Å². The zero-order chi connectivity index (χ0) is 45.0. The van der Waals surface area contributed by atoms with Gasteiger partial charge in [0.15, 0.2) is 0 Å². The predicted molar refractivity (Wildman–Crippen MR) is 233 cm³/mol. The monoisotopic (exact) mass is 985 g/mol. The average Bonchev–Trinajstić information content (AvgIpc) is 3.89. The number of para-hydroxylation sites is 3. The Morgan fingerprint density at radius 1 is 0.649 bits per heavy atom. The van der Waals surface area contributed by atoms with Gasteiger partial charge in [0, 0.05) is 42.3 Å². The molecule has 0 bridgehead atoms. The zero-order valence-electron chi connectivity index (χ0n) is 39.2. The van der Waals surface area contributed by atoms with Crippen molar-refractivity contribution in [3.8, 4) is 50.7 Å². The molecule has 7 heteroatoms. The Labute approximate surface area is 360 Å². The molecule has 0 fully saturated rings. The minimum Gasteiger partial charge on any atom is 0 e. The minimum absolute atomic E-state index is 0. The van der Waals surface area contributed by atoms with Gasteiger partial charge in [0.05, 0.1) is 39.1 Å². The summed E-state index contributed by atoms with van der Waals surface area (Å²) in [6, 6.07) is 40.6. The number of imidazole rings is 1. The Balaban J connectivity index is 0.000000287. The molecular formula is C50H38GeIrN4O-2. The van der Waals surface area contributed by atoms with E-state index in [9.17, 15) is 0 Å². The molecule has 4 aromatic heterocycles. The van der Waals surface area contributed by atoms with Crippen molar-refractivity contribution in [1.82, 2.24) is 19.5 Å². The van der Waals surface area contributed by atoms with Gasteiger partial charge >= 0.3 is 99.8 Å². The number of hydrogen-bond acceptors (Lipinski definition) is 4. The van der Waals surface area contributed by atoms with Crippen LogP contribution >= 0.6 is 0 Å². The number of benzene rings is 6. The van der Waals surface area contributed by atoms with E-state index in [0.29, 0.717) is 27.9 Å². The molecular weight excluding hydrogens is 937 g/mol.